The van der Waals surface area contributed by atoms with E-state index >= 15 is 0 Å². The van der Waals surface area contributed by atoms with E-state index in [0.29, 0.717) is 6.10 Å². The summed E-state index contributed by atoms with van der Waals surface area (Å²) < 4.78 is 5.43. The number of amides is 1. The fourth-order valence-corrected chi connectivity index (χ4v) is 2.17. The minimum atomic E-state index is -0.559. The number of carbonyl (C=O) groups is 1. The van der Waals surface area contributed by atoms with E-state index in [9.17, 15) is 4.79 Å². The highest BCUT2D eigenvalue weighted by molar-refractivity contribution is 5.87. The van der Waals surface area contributed by atoms with Gasteiger partial charge in [0.1, 0.15) is 0 Å². The van der Waals surface area contributed by atoms with E-state index in [1.165, 1.54) is 0 Å². The van der Waals surface area contributed by atoms with Crippen molar-refractivity contribution < 1.29 is 9.53 Å². The molecule has 2 aliphatic carbocycles. The van der Waals surface area contributed by atoms with Crippen LogP contribution in [0.1, 0.15) is 39.0 Å². The lowest BCUT2D eigenvalue weighted by Crippen LogP contribution is -2.62. The number of rotatable bonds is 4. The van der Waals surface area contributed by atoms with Gasteiger partial charge in [0, 0.05) is 12.6 Å². The smallest absolute Gasteiger partial charge is 0.240 e. The molecule has 86 valence electrons. The second kappa shape index (κ2) is 4.10. The van der Waals surface area contributed by atoms with Crippen molar-refractivity contribution in [1.29, 1.82) is 0 Å². The third-order valence-electron chi connectivity index (χ3n) is 3.53. The maximum Gasteiger partial charge on any atom is 0.240 e. The summed E-state index contributed by atoms with van der Waals surface area (Å²) in [5, 5.41) is 3.00. The average molecular weight is 212 g/mol. The van der Waals surface area contributed by atoms with Gasteiger partial charge in [0.2, 0.25) is 5.91 Å². The van der Waals surface area contributed by atoms with Crippen LogP contribution in [0.4, 0.5) is 0 Å². The van der Waals surface area contributed by atoms with E-state index in [0.717, 1.165) is 38.7 Å². The Kier molecular flexibility index (Phi) is 2.98. The van der Waals surface area contributed by atoms with Gasteiger partial charge in [0.05, 0.1) is 11.6 Å². The number of nitrogens with two attached hydrogens (primary N) is 1. The van der Waals surface area contributed by atoms with Crippen molar-refractivity contribution in [2.24, 2.45) is 5.73 Å². The summed E-state index contributed by atoms with van der Waals surface area (Å²) in [6.07, 6.45) is 4.97. The molecule has 0 atom stereocenters. The second-order valence-corrected chi connectivity index (χ2v) is 4.73. The fourth-order valence-electron chi connectivity index (χ4n) is 2.17. The largest absolute Gasteiger partial charge is 0.378 e. The molecular formula is C11H20N2O2. The molecule has 0 saturated heterocycles. The average Bonchev–Trinajstić information content (AvgIpc) is 2.10. The first-order valence-corrected chi connectivity index (χ1v) is 5.85. The van der Waals surface area contributed by atoms with Gasteiger partial charge in [-0.25, -0.2) is 0 Å². The molecule has 0 aromatic rings. The van der Waals surface area contributed by atoms with E-state index in [1.807, 2.05) is 6.92 Å². The third-order valence-corrected chi connectivity index (χ3v) is 3.53. The Morgan fingerprint density at radius 1 is 1.53 bits per heavy atom. The van der Waals surface area contributed by atoms with E-state index in [1.54, 1.807) is 0 Å². The lowest BCUT2D eigenvalue weighted by Gasteiger charge is -2.41. The monoisotopic (exact) mass is 212 g/mol. The highest BCUT2D eigenvalue weighted by Crippen LogP contribution is 2.30. The Bertz CT molecular complexity index is 245. The Balaban J connectivity index is 1.68. The molecule has 0 aromatic heterocycles. The van der Waals surface area contributed by atoms with Gasteiger partial charge in [-0.15, -0.1) is 0 Å². The van der Waals surface area contributed by atoms with Crippen LogP contribution in [0.3, 0.4) is 0 Å². The molecule has 0 heterocycles. The van der Waals surface area contributed by atoms with Crippen LogP contribution in [0.25, 0.3) is 0 Å². The minimum absolute atomic E-state index is 0.0358. The normalized spacial score (nSPS) is 32.7. The highest BCUT2D eigenvalue weighted by Gasteiger charge is 2.42. The summed E-state index contributed by atoms with van der Waals surface area (Å²) in [7, 11) is 0. The molecule has 0 aliphatic heterocycles. The van der Waals surface area contributed by atoms with Crippen LogP contribution in [0.5, 0.6) is 0 Å². The Morgan fingerprint density at radius 2 is 2.20 bits per heavy atom. The predicted octanol–water partition coefficient (Wildman–Crippen LogP) is 0.551. The van der Waals surface area contributed by atoms with Crippen molar-refractivity contribution in [2.45, 2.75) is 56.7 Å². The lowest BCUT2D eigenvalue weighted by molar-refractivity contribution is -0.131. The Morgan fingerprint density at radius 3 is 2.67 bits per heavy atom. The molecule has 0 aromatic carbocycles. The maximum atomic E-state index is 11.7. The van der Waals surface area contributed by atoms with Crippen LogP contribution in [0.15, 0.2) is 0 Å². The molecule has 15 heavy (non-hydrogen) atoms. The van der Waals surface area contributed by atoms with Crippen molar-refractivity contribution in [2.75, 3.05) is 6.61 Å². The zero-order chi connectivity index (χ0) is 10.9. The molecule has 2 saturated carbocycles. The number of carbonyl (C=O) groups excluding carboxylic acids is 1. The van der Waals surface area contributed by atoms with Crippen LogP contribution < -0.4 is 11.1 Å². The maximum absolute atomic E-state index is 11.7. The topological polar surface area (TPSA) is 64.3 Å². The fraction of sp³-hybridized carbons (Fsp3) is 0.909. The second-order valence-electron chi connectivity index (χ2n) is 4.73. The van der Waals surface area contributed by atoms with Crippen molar-refractivity contribution in [3.05, 3.63) is 0 Å². The van der Waals surface area contributed by atoms with Gasteiger partial charge in [0.25, 0.3) is 0 Å². The molecule has 0 bridgehead atoms. The minimum Gasteiger partial charge on any atom is -0.378 e. The summed E-state index contributed by atoms with van der Waals surface area (Å²) >= 11 is 0. The molecule has 2 rings (SSSR count). The molecular weight excluding hydrogens is 192 g/mol. The lowest BCUT2D eigenvalue weighted by atomic mass is 9.76. The van der Waals surface area contributed by atoms with Gasteiger partial charge >= 0.3 is 0 Å². The summed E-state index contributed by atoms with van der Waals surface area (Å²) in [5.74, 6) is 0.0358. The van der Waals surface area contributed by atoms with E-state index in [-0.39, 0.29) is 11.9 Å². The molecule has 1 amide bonds. The summed E-state index contributed by atoms with van der Waals surface area (Å²) in [6, 6.07) is 0.287. The van der Waals surface area contributed by atoms with Crippen molar-refractivity contribution in [3.63, 3.8) is 0 Å². The summed E-state index contributed by atoms with van der Waals surface area (Å²) in [6.45, 7) is 2.75. The standard InChI is InChI=1S/C11H20N2O2/c1-2-15-9-6-8(7-9)13-10(14)11(12)4-3-5-11/h8-9H,2-7,12H2,1H3,(H,13,14). The molecule has 2 aliphatic rings. The van der Waals surface area contributed by atoms with Crippen molar-refractivity contribution in [3.8, 4) is 0 Å². The van der Waals surface area contributed by atoms with Gasteiger partial charge in [-0.3, -0.25) is 4.79 Å². The molecule has 4 nitrogen and oxygen atoms in total. The molecule has 3 N–H and O–H groups in total. The molecule has 0 unspecified atom stereocenters. The summed E-state index contributed by atoms with van der Waals surface area (Å²) in [4.78, 5) is 11.7. The SMILES string of the molecule is CCOC1CC(NC(=O)C2(N)CCC2)C1. The number of ether oxygens (including phenoxy) is 1. The predicted molar refractivity (Wildman–Crippen MR) is 57.3 cm³/mol. The van der Waals surface area contributed by atoms with Gasteiger partial charge in [-0.2, -0.15) is 0 Å². The van der Waals surface area contributed by atoms with Crippen LogP contribution in [-0.4, -0.2) is 30.2 Å². The first-order chi connectivity index (χ1) is 7.14. The van der Waals surface area contributed by atoms with E-state index < -0.39 is 5.54 Å². The van der Waals surface area contributed by atoms with Gasteiger partial charge < -0.3 is 15.8 Å². The quantitative estimate of drug-likeness (QED) is 0.715. The van der Waals surface area contributed by atoms with Crippen LogP contribution in [-0.2, 0) is 9.53 Å². The molecule has 0 spiro atoms. The third kappa shape index (κ3) is 2.16. The summed E-state index contributed by atoms with van der Waals surface area (Å²) in [5.41, 5.74) is 5.36. The molecule has 2 fully saturated rings. The van der Waals surface area contributed by atoms with Crippen LogP contribution in [0.2, 0.25) is 0 Å². The highest BCUT2D eigenvalue weighted by atomic mass is 16.5. The Hall–Kier alpha value is -0.610. The molecule has 4 heteroatoms. The Labute approximate surface area is 90.5 Å². The zero-order valence-corrected chi connectivity index (χ0v) is 9.29. The van der Waals surface area contributed by atoms with Crippen molar-refractivity contribution >= 4 is 5.91 Å². The van der Waals surface area contributed by atoms with Gasteiger partial charge in [-0.1, -0.05) is 0 Å². The van der Waals surface area contributed by atoms with Gasteiger partial charge in [0.15, 0.2) is 0 Å². The van der Waals surface area contributed by atoms with E-state index in [4.69, 9.17) is 10.5 Å². The van der Waals surface area contributed by atoms with E-state index in [2.05, 4.69) is 5.32 Å². The van der Waals surface area contributed by atoms with Crippen LogP contribution in [0, 0.1) is 0 Å². The van der Waals surface area contributed by atoms with Crippen molar-refractivity contribution in [1.82, 2.24) is 5.32 Å². The first-order valence-electron chi connectivity index (χ1n) is 5.85. The zero-order valence-electron chi connectivity index (χ0n) is 9.29. The number of nitrogens with one attached hydrogen (secondary N) is 1. The molecule has 0 radical (unpaired) electrons. The number of hydrogen-bond acceptors (Lipinski definition) is 3. The van der Waals surface area contributed by atoms with Gasteiger partial charge in [-0.05, 0) is 39.0 Å². The van der Waals surface area contributed by atoms with Crippen LogP contribution >= 0.6 is 0 Å². The number of hydrogen-bond donors (Lipinski definition) is 2. The first kappa shape index (κ1) is 10.9.